The Kier molecular flexibility index (Phi) is 7.54. The molecule has 0 aromatic carbocycles. The average molecular weight is 229 g/mol. The van der Waals surface area contributed by atoms with Gasteiger partial charge in [0.05, 0.1) is 12.6 Å². The van der Waals surface area contributed by atoms with Crippen LogP contribution in [-0.4, -0.2) is 30.9 Å². The van der Waals surface area contributed by atoms with Crippen molar-refractivity contribution in [3.8, 4) is 0 Å². The Morgan fingerprint density at radius 3 is 2.38 bits per heavy atom. The Bertz CT molecular complexity index is 229. The maximum absolute atomic E-state index is 11.3. The lowest BCUT2D eigenvalue weighted by Gasteiger charge is -2.18. The van der Waals surface area contributed by atoms with E-state index in [-0.39, 0.29) is 18.4 Å². The topological polar surface area (TPSA) is 84.2 Å². The van der Waals surface area contributed by atoms with Crippen LogP contribution in [0.1, 0.15) is 33.6 Å². The van der Waals surface area contributed by atoms with Gasteiger partial charge in [-0.1, -0.05) is 27.2 Å². The Morgan fingerprint density at radius 1 is 1.31 bits per heavy atom. The summed E-state index contributed by atoms with van der Waals surface area (Å²) in [6.45, 7) is 6.65. The molecular weight excluding hydrogens is 206 g/mol. The molecule has 1 unspecified atom stereocenters. The molecule has 0 saturated heterocycles. The van der Waals surface area contributed by atoms with E-state index in [0.29, 0.717) is 6.54 Å². The molecule has 0 rings (SSSR count). The first kappa shape index (κ1) is 14.9. The summed E-state index contributed by atoms with van der Waals surface area (Å²) in [5.74, 6) is -0.433. The van der Waals surface area contributed by atoms with E-state index in [1.54, 1.807) is 0 Å². The summed E-state index contributed by atoms with van der Waals surface area (Å²) >= 11 is 0. The molecule has 2 amide bonds. The fraction of sp³-hybridized carbons (Fsp3) is 0.818. The molecule has 1 atom stereocenters. The number of amides is 2. The van der Waals surface area contributed by atoms with Crippen LogP contribution in [0.15, 0.2) is 0 Å². The van der Waals surface area contributed by atoms with Gasteiger partial charge in [0.15, 0.2) is 0 Å². The Balaban J connectivity index is 3.83. The third-order valence-corrected chi connectivity index (χ3v) is 2.31. The van der Waals surface area contributed by atoms with Gasteiger partial charge in [0, 0.05) is 6.54 Å². The van der Waals surface area contributed by atoms with E-state index in [0.717, 1.165) is 12.8 Å². The number of rotatable bonds is 8. The molecule has 5 nitrogen and oxygen atoms in total. The quantitative estimate of drug-likeness (QED) is 0.512. The van der Waals surface area contributed by atoms with Crippen LogP contribution in [0.4, 0.5) is 0 Å². The summed E-state index contributed by atoms with van der Waals surface area (Å²) in [6.07, 6.45) is 2.01. The number of nitrogens with one attached hydrogen (secondary N) is 2. The first-order chi connectivity index (χ1) is 7.49. The molecular formula is C11H23N3O2. The second-order valence-corrected chi connectivity index (χ2v) is 4.21. The number of unbranched alkanes of at least 4 members (excludes halogenated alkanes) is 1. The third kappa shape index (κ3) is 6.40. The Morgan fingerprint density at radius 2 is 1.94 bits per heavy atom. The van der Waals surface area contributed by atoms with E-state index < -0.39 is 11.9 Å². The van der Waals surface area contributed by atoms with Gasteiger partial charge in [-0.3, -0.25) is 14.9 Å². The highest BCUT2D eigenvalue weighted by molar-refractivity contribution is 5.82. The third-order valence-electron chi connectivity index (χ3n) is 2.31. The molecule has 4 N–H and O–H groups in total. The van der Waals surface area contributed by atoms with Gasteiger partial charge in [-0.15, -0.1) is 0 Å². The van der Waals surface area contributed by atoms with Crippen molar-refractivity contribution >= 4 is 11.8 Å². The highest BCUT2D eigenvalue weighted by Gasteiger charge is 2.19. The summed E-state index contributed by atoms with van der Waals surface area (Å²) in [5, 5.41) is 5.62. The minimum Gasteiger partial charge on any atom is -0.368 e. The lowest BCUT2D eigenvalue weighted by atomic mass is 10.0. The van der Waals surface area contributed by atoms with Gasteiger partial charge >= 0.3 is 0 Å². The second kappa shape index (κ2) is 8.10. The van der Waals surface area contributed by atoms with Gasteiger partial charge in [-0.25, -0.2) is 0 Å². The monoisotopic (exact) mass is 229 g/mol. The molecule has 0 aromatic rings. The molecule has 0 aliphatic heterocycles. The highest BCUT2D eigenvalue weighted by atomic mass is 16.2. The van der Waals surface area contributed by atoms with Crippen molar-refractivity contribution in [2.75, 3.05) is 13.1 Å². The molecule has 0 saturated carbocycles. The van der Waals surface area contributed by atoms with Crippen LogP contribution in [-0.2, 0) is 9.59 Å². The van der Waals surface area contributed by atoms with Gasteiger partial charge in [-0.2, -0.15) is 0 Å². The molecule has 16 heavy (non-hydrogen) atoms. The highest BCUT2D eigenvalue weighted by Crippen LogP contribution is 1.99. The zero-order valence-electron chi connectivity index (χ0n) is 10.4. The minimum atomic E-state index is -0.447. The molecule has 0 heterocycles. The van der Waals surface area contributed by atoms with Crippen LogP contribution in [0, 0.1) is 5.92 Å². The number of carbonyl (C=O) groups excluding carboxylic acids is 2. The first-order valence-corrected chi connectivity index (χ1v) is 5.78. The molecule has 0 radical (unpaired) electrons. The maximum Gasteiger partial charge on any atom is 0.234 e. The number of primary amides is 1. The number of nitrogens with two attached hydrogens (primary N) is 1. The van der Waals surface area contributed by atoms with E-state index in [1.807, 2.05) is 13.8 Å². The number of carbonyl (C=O) groups is 2. The van der Waals surface area contributed by atoms with Crippen molar-refractivity contribution in [3.05, 3.63) is 0 Å². The lowest BCUT2D eigenvalue weighted by molar-refractivity contribution is -0.122. The van der Waals surface area contributed by atoms with Crippen molar-refractivity contribution in [3.63, 3.8) is 0 Å². The first-order valence-electron chi connectivity index (χ1n) is 5.78. The van der Waals surface area contributed by atoms with Gasteiger partial charge in [0.2, 0.25) is 11.8 Å². The fourth-order valence-electron chi connectivity index (χ4n) is 1.33. The molecule has 94 valence electrons. The normalized spacial score (nSPS) is 12.5. The number of hydrogen-bond donors (Lipinski definition) is 3. The molecule has 0 spiro atoms. The molecule has 0 aromatic heterocycles. The standard InChI is InChI=1S/C11H23N3O2/c1-4-5-6-13-9(15)7-14-10(8(2)3)11(12)16/h8,10,14H,4-7H2,1-3H3,(H2,12,16)(H,13,15). The van der Waals surface area contributed by atoms with Crippen LogP contribution in [0.5, 0.6) is 0 Å². The van der Waals surface area contributed by atoms with Crippen LogP contribution in [0.2, 0.25) is 0 Å². The lowest BCUT2D eigenvalue weighted by Crippen LogP contribution is -2.48. The van der Waals surface area contributed by atoms with E-state index in [2.05, 4.69) is 17.6 Å². The van der Waals surface area contributed by atoms with Crippen molar-refractivity contribution in [2.45, 2.75) is 39.7 Å². The molecule has 0 aliphatic carbocycles. The van der Waals surface area contributed by atoms with Crippen LogP contribution in [0.3, 0.4) is 0 Å². The van der Waals surface area contributed by atoms with Crippen molar-refractivity contribution < 1.29 is 9.59 Å². The zero-order chi connectivity index (χ0) is 12.6. The maximum atomic E-state index is 11.3. The Labute approximate surface area is 97.2 Å². The van der Waals surface area contributed by atoms with Crippen molar-refractivity contribution in [1.29, 1.82) is 0 Å². The predicted molar refractivity (Wildman–Crippen MR) is 63.7 cm³/mol. The second-order valence-electron chi connectivity index (χ2n) is 4.21. The van der Waals surface area contributed by atoms with Crippen molar-refractivity contribution in [1.82, 2.24) is 10.6 Å². The SMILES string of the molecule is CCCCNC(=O)CNC(C(N)=O)C(C)C. The summed E-state index contributed by atoms with van der Waals surface area (Å²) in [7, 11) is 0. The zero-order valence-corrected chi connectivity index (χ0v) is 10.4. The van der Waals surface area contributed by atoms with Gasteiger partial charge in [0.25, 0.3) is 0 Å². The molecule has 0 aliphatic rings. The van der Waals surface area contributed by atoms with Crippen molar-refractivity contribution in [2.24, 2.45) is 11.7 Å². The van der Waals surface area contributed by atoms with Gasteiger partial charge in [0.1, 0.15) is 0 Å². The minimum absolute atomic E-state index is 0.0842. The summed E-state index contributed by atoms with van der Waals surface area (Å²) in [5.41, 5.74) is 5.21. The van der Waals surface area contributed by atoms with E-state index in [4.69, 9.17) is 5.73 Å². The molecule has 5 heteroatoms. The number of hydrogen-bond acceptors (Lipinski definition) is 3. The van der Waals surface area contributed by atoms with Crippen LogP contribution < -0.4 is 16.4 Å². The van der Waals surface area contributed by atoms with E-state index in [9.17, 15) is 9.59 Å². The fourth-order valence-corrected chi connectivity index (χ4v) is 1.33. The van der Waals surface area contributed by atoms with Crippen LogP contribution >= 0.6 is 0 Å². The largest absolute Gasteiger partial charge is 0.368 e. The molecule has 0 fully saturated rings. The molecule has 0 bridgehead atoms. The van der Waals surface area contributed by atoms with Gasteiger partial charge in [-0.05, 0) is 12.3 Å². The van der Waals surface area contributed by atoms with E-state index >= 15 is 0 Å². The van der Waals surface area contributed by atoms with E-state index in [1.165, 1.54) is 0 Å². The summed E-state index contributed by atoms with van der Waals surface area (Å²) in [4.78, 5) is 22.4. The summed E-state index contributed by atoms with van der Waals surface area (Å²) < 4.78 is 0. The predicted octanol–water partition coefficient (Wildman–Crippen LogP) is 0.00220. The van der Waals surface area contributed by atoms with Crippen LogP contribution in [0.25, 0.3) is 0 Å². The smallest absolute Gasteiger partial charge is 0.234 e. The Hall–Kier alpha value is -1.10. The summed E-state index contributed by atoms with van der Waals surface area (Å²) in [6, 6.07) is -0.447. The average Bonchev–Trinajstić information content (AvgIpc) is 2.17. The van der Waals surface area contributed by atoms with Gasteiger partial charge < -0.3 is 11.1 Å².